The highest BCUT2D eigenvalue weighted by Gasteiger charge is 2.37. The van der Waals surface area contributed by atoms with E-state index in [2.05, 4.69) is 34.6 Å². The van der Waals surface area contributed by atoms with E-state index in [1.807, 2.05) is 0 Å². The van der Waals surface area contributed by atoms with Gasteiger partial charge in [0, 0.05) is 11.8 Å². The van der Waals surface area contributed by atoms with Crippen molar-refractivity contribution in [3.8, 4) is 0 Å². The molecule has 0 aromatic carbocycles. The summed E-state index contributed by atoms with van der Waals surface area (Å²) in [5.74, 6) is 1.70. The Labute approximate surface area is 109 Å². The molecule has 0 radical (unpaired) electrons. The first kappa shape index (κ1) is 15.0. The lowest BCUT2D eigenvalue weighted by atomic mass is 9.94. The van der Waals surface area contributed by atoms with Crippen LogP contribution >= 0.6 is 0 Å². The van der Waals surface area contributed by atoms with Gasteiger partial charge in [-0.15, -0.1) is 0 Å². The summed E-state index contributed by atoms with van der Waals surface area (Å²) in [6.45, 7) is 16.4. The standard InChI is InChI=1S/C16H34N/c1-6-15(4)16(5)17(13-14(2)3)11-9-7-8-10-12-17/h14-16H,6-13H2,1-5H3/q+1. The van der Waals surface area contributed by atoms with Crippen molar-refractivity contribution in [3.63, 3.8) is 0 Å². The summed E-state index contributed by atoms with van der Waals surface area (Å²) in [6, 6.07) is 0.848. The first-order valence-electron chi connectivity index (χ1n) is 7.87. The molecule has 0 aromatic heterocycles. The smallest absolute Gasteiger partial charge is 0.0887 e. The predicted molar refractivity (Wildman–Crippen MR) is 77.1 cm³/mol. The van der Waals surface area contributed by atoms with Crippen LogP contribution in [0.25, 0.3) is 0 Å². The minimum Gasteiger partial charge on any atom is -0.321 e. The van der Waals surface area contributed by atoms with Crippen molar-refractivity contribution in [1.82, 2.24) is 0 Å². The van der Waals surface area contributed by atoms with E-state index in [-0.39, 0.29) is 0 Å². The van der Waals surface area contributed by atoms with E-state index in [0.717, 1.165) is 17.9 Å². The van der Waals surface area contributed by atoms with E-state index in [1.165, 1.54) is 56.2 Å². The molecule has 1 saturated heterocycles. The lowest BCUT2D eigenvalue weighted by Gasteiger charge is -2.46. The zero-order chi connectivity index (χ0) is 12.9. The maximum atomic E-state index is 2.52. The third-order valence-corrected chi connectivity index (χ3v) is 5.02. The molecule has 0 amide bonds. The molecule has 1 heteroatoms. The second-order valence-electron chi connectivity index (χ2n) is 6.78. The van der Waals surface area contributed by atoms with E-state index in [4.69, 9.17) is 0 Å². The Balaban J connectivity index is 2.82. The summed E-state index contributed by atoms with van der Waals surface area (Å²) in [5, 5.41) is 0. The second kappa shape index (κ2) is 6.78. The van der Waals surface area contributed by atoms with Crippen molar-refractivity contribution in [2.75, 3.05) is 19.6 Å². The van der Waals surface area contributed by atoms with Crippen LogP contribution in [0.3, 0.4) is 0 Å². The third kappa shape index (κ3) is 3.98. The van der Waals surface area contributed by atoms with Crippen molar-refractivity contribution >= 4 is 0 Å². The van der Waals surface area contributed by atoms with Gasteiger partial charge in [0.05, 0.1) is 25.7 Å². The molecule has 102 valence electrons. The van der Waals surface area contributed by atoms with Crippen LogP contribution in [-0.2, 0) is 0 Å². The Morgan fingerprint density at radius 1 is 0.882 bits per heavy atom. The van der Waals surface area contributed by atoms with Crippen LogP contribution in [0.4, 0.5) is 0 Å². The number of rotatable bonds is 5. The average molecular weight is 240 g/mol. The summed E-state index contributed by atoms with van der Waals surface area (Å²) >= 11 is 0. The predicted octanol–water partition coefficient (Wildman–Crippen LogP) is 4.47. The molecule has 1 nitrogen and oxygen atoms in total. The number of quaternary nitrogens is 1. The number of hydrogen-bond donors (Lipinski definition) is 0. The number of likely N-dealkylation sites (tertiary alicyclic amines) is 1. The molecule has 0 aliphatic carbocycles. The van der Waals surface area contributed by atoms with Gasteiger partial charge in [0.25, 0.3) is 0 Å². The van der Waals surface area contributed by atoms with Gasteiger partial charge in [-0.05, 0) is 39.0 Å². The van der Waals surface area contributed by atoms with Gasteiger partial charge in [0.1, 0.15) is 0 Å². The highest BCUT2D eigenvalue weighted by Crippen LogP contribution is 2.29. The average Bonchev–Trinajstić information content (AvgIpc) is 2.52. The maximum absolute atomic E-state index is 2.52. The Hall–Kier alpha value is -0.0400. The van der Waals surface area contributed by atoms with Gasteiger partial charge in [0.2, 0.25) is 0 Å². The fourth-order valence-electron chi connectivity index (χ4n) is 3.68. The number of hydrogen-bond acceptors (Lipinski definition) is 0. The third-order valence-electron chi connectivity index (χ3n) is 5.02. The van der Waals surface area contributed by atoms with E-state index < -0.39 is 0 Å². The molecule has 1 aliphatic heterocycles. The highest BCUT2D eigenvalue weighted by molar-refractivity contribution is 4.66. The fourth-order valence-corrected chi connectivity index (χ4v) is 3.68. The first-order valence-corrected chi connectivity index (χ1v) is 7.87. The fraction of sp³-hybridized carbons (Fsp3) is 1.00. The molecule has 0 aromatic rings. The van der Waals surface area contributed by atoms with Gasteiger partial charge in [-0.25, -0.2) is 0 Å². The molecule has 2 unspecified atom stereocenters. The van der Waals surface area contributed by atoms with E-state index in [1.54, 1.807) is 0 Å². The molecule has 1 rings (SSSR count). The van der Waals surface area contributed by atoms with Gasteiger partial charge in [-0.3, -0.25) is 0 Å². The van der Waals surface area contributed by atoms with Crippen LogP contribution in [0.1, 0.15) is 66.7 Å². The van der Waals surface area contributed by atoms with Crippen molar-refractivity contribution in [2.24, 2.45) is 11.8 Å². The largest absolute Gasteiger partial charge is 0.321 e. The van der Waals surface area contributed by atoms with Gasteiger partial charge in [-0.2, -0.15) is 0 Å². The lowest BCUT2D eigenvalue weighted by Crippen LogP contribution is -2.58. The van der Waals surface area contributed by atoms with Crippen molar-refractivity contribution in [1.29, 1.82) is 0 Å². The summed E-state index contributed by atoms with van der Waals surface area (Å²) in [5.41, 5.74) is 0. The Bertz CT molecular complexity index is 202. The van der Waals surface area contributed by atoms with E-state index >= 15 is 0 Å². The van der Waals surface area contributed by atoms with Crippen LogP contribution in [0.2, 0.25) is 0 Å². The zero-order valence-electron chi connectivity index (χ0n) is 12.8. The molecular formula is C16H34N+. The van der Waals surface area contributed by atoms with Gasteiger partial charge in [0.15, 0.2) is 0 Å². The lowest BCUT2D eigenvalue weighted by molar-refractivity contribution is -0.954. The van der Waals surface area contributed by atoms with Crippen LogP contribution < -0.4 is 0 Å². The topological polar surface area (TPSA) is 0 Å². The molecule has 17 heavy (non-hydrogen) atoms. The highest BCUT2D eigenvalue weighted by atomic mass is 15.4. The molecular weight excluding hydrogens is 206 g/mol. The summed E-state index contributed by atoms with van der Waals surface area (Å²) < 4.78 is 1.41. The maximum Gasteiger partial charge on any atom is 0.0887 e. The van der Waals surface area contributed by atoms with Crippen molar-refractivity contribution in [3.05, 3.63) is 0 Å². The van der Waals surface area contributed by atoms with Gasteiger partial charge in [-0.1, -0.05) is 27.7 Å². The van der Waals surface area contributed by atoms with Gasteiger partial charge < -0.3 is 4.48 Å². The molecule has 0 spiro atoms. The Morgan fingerprint density at radius 2 is 1.41 bits per heavy atom. The first-order chi connectivity index (χ1) is 8.02. The molecule has 1 heterocycles. The van der Waals surface area contributed by atoms with Crippen molar-refractivity contribution in [2.45, 2.75) is 72.8 Å². The van der Waals surface area contributed by atoms with Crippen LogP contribution in [-0.4, -0.2) is 30.2 Å². The molecule has 2 atom stereocenters. The molecule has 1 aliphatic rings. The van der Waals surface area contributed by atoms with Crippen LogP contribution in [0.5, 0.6) is 0 Å². The second-order valence-corrected chi connectivity index (χ2v) is 6.78. The molecule has 1 fully saturated rings. The molecule has 0 N–H and O–H groups in total. The molecule has 0 bridgehead atoms. The summed E-state index contributed by atoms with van der Waals surface area (Å²) in [7, 11) is 0. The van der Waals surface area contributed by atoms with E-state index in [0.29, 0.717) is 0 Å². The van der Waals surface area contributed by atoms with Gasteiger partial charge >= 0.3 is 0 Å². The monoisotopic (exact) mass is 240 g/mol. The summed E-state index contributed by atoms with van der Waals surface area (Å²) in [6.07, 6.45) is 7.16. The minimum atomic E-state index is 0.833. The minimum absolute atomic E-state index is 0.833. The Morgan fingerprint density at radius 3 is 1.82 bits per heavy atom. The van der Waals surface area contributed by atoms with Crippen LogP contribution in [0.15, 0.2) is 0 Å². The SMILES string of the molecule is CCC(C)C(C)[N+]1(CC(C)C)CCCCCC1. The van der Waals surface area contributed by atoms with Crippen LogP contribution in [0, 0.1) is 11.8 Å². The molecule has 0 saturated carbocycles. The normalized spacial score (nSPS) is 24.4. The summed E-state index contributed by atoms with van der Waals surface area (Å²) in [4.78, 5) is 0. The number of nitrogens with zero attached hydrogens (tertiary/aromatic N) is 1. The zero-order valence-corrected chi connectivity index (χ0v) is 12.8. The quantitative estimate of drug-likeness (QED) is 0.622. The Kier molecular flexibility index (Phi) is 5.99. The van der Waals surface area contributed by atoms with E-state index in [9.17, 15) is 0 Å². The van der Waals surface area contributed by atoms with Crippen molar-refractivity contribution < 1.29 is 4.48 Å².